The molecule has 4 rings (SSSR count). The number of ketones is 1. The van der Waals surface area contributed by atoms with Gasteiger partial charge in [0.1, 0.15) is 0 Å². The molecule has 0 saturated heterocycles. The van der Waals surface area contributed by atoms with E-state index >= 15 is 0 Å². The normalized spacial score (nSPS) is 11.0. The van der Waals surface area contributed by atoms with Gasteiger partial charge in [0.05, 0.1) is 12.2 Å². The van der Waals surface area contributed by atoms with E-state index < -0.39 is 5.97 Å². The number of hydrogen-bond acceptors (Lipinski definition) is 3. The molecule has 0 radical (unpaired) electrons. The molecule has 3 aromatic carbocycles. The van der Waals surface area contributed by atoms with Gasteiger partial charge in [0.25, 0.3) is 5.56 Å². The monoisotopic (exact) mass is 473 g/mol. The van der Waals surface area contributed by atoms with E-state index in [9.17, 15) is 14.4 Å². The van der Waals surface area contributed by atoms with Crippen molar-refractivity contribution in [3.05, 3.63) is 105 Å². The van der Waals surface area contributed by atoms with Crippen LogP contribution in [0.25, 0.3) is 21.9 Å². The van der Waals surface area contributed by atoms with E-state index in [0.29, 0.717) is 33.5 Å². The lowest BCUT2D eigenvalue weighted by molar-refractivity contribution is -0.136. The first-order chi connectivity index (χ1) is 16.4. The zero-order valence-electron chi connectivity index (χ0n) is 18.8. The Morgan fingerprint density at radius 1 is 0.912 bits per heavy atom. The number of rotatable bonds is 8. The van der Waals surface area contributed by atoms with E-state index in [1.165, 1.54) is 0 Å². The molecule has 1 heterocycles. The summed E-state index contributed by atoms with van der Waals surface area (Å²) in [5.41, 5.74) is 3.29. The molecule has 0 fully saturated rings. The molecule has 1 aromatic heterocycles. The van der Waals surface area contributed by atoms with Crippen LogP contribution in [0.15, 0.2) is 77.6 Å². The zero-order valence-corrected chi connectivity index (χ0v) is 19.5. The summed E-state index contributed by atoms with van der Waals surface area (Å²) in [6.07, 6.45) is 0.659. The number of pyridine rings is 1. The van der Waals surface area contributed by atoms with Gasteiger partial charge in [-0.05, 0) is 46.7 Å². The number of aliphatic carboxylic acids is 1. The molecular formula is C28H24ClNO4. The topological polar surface area (TPSA) is 76.4 Å². The van der Waals surface area contributed by atoms with Crippen molar-refractivity contribution in [2.24, 2.45) is 0 Å². The number of Topliss-reactive ketones (excluding diaryl/α,β-unsaturated/α-hetero) is 1. The molecule has 0 spiro atoms. The Morgan fingerprint density at radius 3 is 2.35 bits per heavy atom. The number of nitrogens with zero attached hydrogens (tertiary/aromatic N) is 1. The second kappa shape index (κ2) is 10.1. The number of hydrogen-bond donors (Lipinski definition) is 1. The molecule has 0 amide bonds. The second-order valence-corrected chi connectivity index (χ2v) is 8.60. The second-order valence-electron chi connectivity index (χ2n) is 8.16. The number of halogens is 1. The fourth-order valence-electron chi connectivity index (χ4n) is 4.24. The predicted octanol–water partition coefficient (Wildman–Crippen LogP) is 5.98. The lowest BCUT2D eigenvalue weighted by Gasteiger charge is -2.20. The van der Waals surface area contributed by atoms with Crippen molar-refractivity contribution < 1.29 is 14.7 Å². The number of carbonyl (C=O) groups excluding carboxylic acids is 1. The van der Waals surface area contributed by atoms with Crippen LogP contribution in [0.4, 0.5) is 0 Å². The van der Waals surface area contributed by atoms with Crippen molar-refractivity contribution in [1.29, 1.82) is 0 Å². The fourth-order valence-corrected chi connectivity index (χ4v) is 4.41. The molecule has 0 aliphatic heterocycles. The Morgan fingerprint density at radius 2 is 1.65 bits per heavy atom. The predicted molar refractivity (Wildman–Crippen MR) is 135 cm³/mol. The number of benzene rings is 3. The number of aromatic nitrogens is 1. The SMILES string of the molecule is CCC(=O)c1c(-c2ccccc2)c2cc(Cl)ccc2c(=O)n1Cc1cccc(CCC(=O)O)c1. The van der Waals surface area contributed by atoms with Gasteiger partial charge < -0.3 is 5.11 Å². The van der Waals surface area contributed by atoms with Crippen molar-refractivity contribution in [3.63, 3.8) is 0 Å². The molecule has 0 aliphatic carbocycles. The maximum absolute atomic E-state index is 13.7. The van der Waals surface area contributed by atoms with Crippen molar-refractivity contribution in [2.75, 3.05) is 0 Å². The zero-order chi connectivity index (χ0) is 24.2. The maximum Gasteiger partial charge on any atom is 0.303 e. The summed E-state index contributed by atoms with van der Waals surface area (Å²) in [6.45, 7) is 1.97. The molecule has 0 unspecified atom stereocenters. The van der Waals surface area contributed by atoms with Crippen molar-refractivity contribution in [3.8, 4) is 11.1 Å². The molecular weight excluding hydrogens is 450 g/mol. The highest BCUT2D eigenvalue weighted by Gasteiger charge is 2.22. The lowest BCUT2D eigenvalue weighted by atomic mass is 9.94. The minimum atomic E-state index is -0.863. The third-order valence-electron chi connectivity index (χ3n) is 5.84. The van der Waals surface area contributed by atoms with E-state index in [1.807, 2.05) is 54.6 Å². The summed E-state index contributed by atoms with van der Waals surface area (Å²) in [6, 6.07) is 22.1. The van der Waals surface area contributed by atoms with Crippen LogP contribution >= 0.6 is 11.6 Å². The molecule has 0 aliphatic rings. The minimum Gasteiger partial charge on any atom is -0.481 e. The van der Waals surface area contributed by atoms with Crippen molar-refractivity contribution in [2.45, 2.75) is 32.7 Å². The first-order valence-corrected chi connectivity index (χ1v) is 11.5. The van der Waals surface area contributed by atoms with Crippen LogP contribution in [-0.2, 0) is 17.8 Å². The summed E-state index contributed by atoms with van der Waals surface area (Å²) < 4.78 is 1.54. The summed E-state index contributed by atoms with van der Waals surface area (Å²) in [5, 5.41) is 10.6. The standard InChI is InChI=1S/C28H24ClNO4/c1-2-24(31)27-26(20-9-4-3-5-10-20)23-16-21(29)12-13-22(23)28(34)30(27)17-19-8-6-7-18(15-19)11-14-25(32)33/h3-10,12-13,15-16H,2,11,14,17H2,1H3,(H,32,33). The Balaban J connectivity index is 1.97. The van der Waals surface area contributed by atoms with Gasteiger partial charge in [-0.15, -0.1) is 0 Å². The Bertz CT molecular complexity index is 1440. The average Bonchev–Trinajstić information content (AvgIpc) is 2.84. The van der Waals surface area contributed by atoms with Crippen LogP contribution in [0.1, 0.15) is 41.4 Å². The highest BCUT2D eigenvalue weighted by atomic mass is 35.5. The summed E-state index contributed by atoms with van der Waals surface area (Å²) >= 11 is 6.30. The fraction of sp³-hybridized carbons (Fsp3) is 0.179. The molecule has 4 aromatic rings. The van der Waals surface area contributed by atoms with Crippen LogP contribution in [-0.4, -0.2) is 21.4 Å². The molecule has 34 heavy (non-hydrogen) atoms. The molecule has 0 saturated carbocycles. The van der Waals surface area contributed by atoms with Crippen LogP contribution in [0.3, 0.4) is 0 Å². The quantitative estimate of drug-likeness (QED) is 0.319. The first-order valence-electron chi connectivity index (χ1n) is 11.1. The summed E-state index contributed by atoms with van der Waals surface area (Å²) in [7, 11) is 0. The van der Waals surface area contributed by atoms with Gasteiger partial charge in [0.15, 0.2) is 5.78 Å². The molecule has 0 bridgehead atoms. The van der Waals surface area contributed by atoms with E-state index in [4.69, 9.17) is 16.7 Å². The Kier molecular flexibility index (Phi) is 6.94. The largest absolute Gasteiger partial charge is 0.481 e. The van der Waals surface area contributed by atoms with Crippen molar-refractivity contribution in [1.82, 2.24) is 4.57 Å². The van der Waals surface area contributed by atoms with Crippen LogP contribution in [0, 0.1) is 0 Å². The van der Waals surface area contributed by atoms with E-state index in [1.54, 1.807) is 29.7 Å². The van der Waals surface area contributed by atoms with Crippen LogP contribution in [0.2, 0.25) is 5.02 Å². The third-order valence-corrected chi connectivity index (χ3v) is 6.08. The number of aryl methyl sites for hydroxylation is 1. The number of fused-ring (bicyclic) bond motifs is 1. The van der Waals surface area contributed by atoms with Crippen LogP contribution in [0.5, 0.6) is 0 Å². The van der Waals surface area contributed by atoms with Crippen LogP contribution < -0.4 is 5.56 Å². The average molecular weight is 474 g/mol. The van der Waals surface area contributed by atoms with E-state index in [-0.39, 0.29) is 30.7 Å². The molecule has 1 N–H and O–H groups in total. The Hall–Kier alpha value is -3.70. The highest BCUT2D eigenvalue weighted by molar-refractivity contribution is 6.31. The third kappa shape index (κ3) is 4.80. The molecule has 172 valence electrons. The first kappa shape index (κ1) is 23.5. The maximum atomic E-state index is 13.7. The molecule has 0 atom stereocenters. The van der Waals surface area contributed by atoms with E-state index in [2.05, 4.69) is 0 Å². The number of carboxylic acid groups (broad SMARTS) is 1. The molecule has 5 nitrogen and oxygen atoms in total. The van der Waals surface area contributed by atoms with Gasteiger partial charge in [-0.3, -0.25) is 19.0 Å². The highest BCUT2D eigenvalue weighted by Crippen LogP contribution is 2.33. The van der Waals surface area contributed by atoms with Gasteiger partial charge in [-0.25, -0.2) is 0 Å². The van der Waals surface area contributed by atoms with Gasteiger partial charge in [0, 0.05) is 28.8 Å². The lowest BCUT2D eigenvalue weighted by Crippen LogP contribution is -2.28. The Labute approximate surface area is 202 Å². The summed E-state index contributed by atoms with van der Waals surface area (Å²) in [5.74, 6) is -1.00. The summed E-state index contributed by atoms with van der Waals surface area (Å²) in [4.78, 5) is 37.9. The van der Waals surface area contributed by atoms with Gasteiger partial charge >= 0.3 is 5.97 Å². The number of carboxylic acids is 1. The minimum absolute atomic E-state index is 0.0257. The van der Waals surface area contributed by atoms with Gasteiger partial charge in [-0.2, -0.15) is 0 Å². The smallest absolute Gasteiger partial charge is 0.303 e. The molecule has 6 heteroatoms. The number of carbonyl (C=O) groups is 2. The van der Waals surface area contributed by atoms with Gasteiger partial charge in [0.2, 0.25) is 0 Å². The van der Waals surface area contributed by atoms with Gasteiger partial charge in [-0.1, -0.05) is 73.1 Å². The van der Waals surface area contributed by atoms with E-state index in [0.717, 1.165) is 16.7 Å². The van der Waals surface area contributed by atoms with Crippen molar-refractivity contribution >= 4 is 34.1 Å².